The van der Waals surface area contributed by atoms with Crippen LogP contribution in [0, 0.1) is 0 Å². The zero-order valence-electron chi connectivity index (χ0n) is 9.84. The summed E-state index contributed by atoms with van der Waals surface area (Å²) < 4.78 is 0. The molecule has 9 heteroatoms. The number of carbonyl (C=O) groups is 2. The number of rotatable bonds is 3. The summed E-state index contributed by atoms with van der Waals surface area (Å²) in [6.07, 6.45) is 2.35. The molecule has 0 radical (unpaired) electrons. The quantitative estimate of drug-likeness (QED) is 0.589. The Labute approximate surface area is 110 Å². The first-order valence-corrected chi connectivity index (χ1v) is 5.29. The summed E-state index contributed by atoms with van der Waals surface area (Å²) in [4.78, 5) is 52.4. The predicted molar refractivity (Wildman–Crippen MR) is 66.8 cm³/mol. The Hall–Kier alpha value is -3.23. The van der Waals surface area contributed by atoms with Crippen LogP contribution < -0.4 is 16.6 Å². The monoisotopic (exact) mass is 276 g/mol. The van der Waals surface area contributed by atoms with Crippen molar-refractivity contribution >= 4 is 17.6 Å². The van der Waals surface area contributed by atoms with E-state index in [1.54, 1.807) is 0 Å². The van der Waals surface area contributed by atoms with Crippen molar-refractivity contribution in [2.75, 3.05) is 5.32 Å². The highest BCUT2D eigenvalue weighted by molar-refractivity contribution is 6.03. The summed E-state index contributed by atoms with van der Waals surface area (Å²) in [5.41, 5.74) is -1.78. The first kappa shape index (κ1) is 13.2. The highest BCUT2D eigenvalue weighted by Crippen LogP contribution is 2.09. The third kappa shape index (κ3) is 2.96. The molecule has 2 heterocycles. The molecule has 0 aliphatic heterocycles. The van der Waals surface area contributed by atoms with Gasteiger partial charge in [-0.1, -0.05) is 0 Å². The molecule has 0 saturated heterocycles. The molecule has 102 valence electrons. The molecule has 0 spiro atoms. The van der Waals surface area contributed by atoms with Crippen molar-refractivity contribution in [1.29, 1.82) is 0 Å². The molecule has 2 aromatic rings. The summed E-state index contributed by atoms with van der Waals surface area (Å²) in [7, 11) is 0. The lowest BCUT2D eigenvalue weighted by Gasteiger charge is -2.04. The zero-order valence-corrected chi connectivity index (χ0v) is 9.84. The molecule has 0 aromatic carbocycles. The second kappa shape index (κ2) is 5.18. The van der Waals surface area contributed by atoms with E-state index in [9.17, 15) is 19.2 Å². The topological polar surface area (TPSA) is 145 Å². The van der Waals surface area contributed by atoms with Crippen molar-refractivity contribution in [1.82, 2.24) is 15.0 Å². The average molecular weight is 276 g/mol. The third-order valence-corrected chi connectivity index (χ3v) is 2.25. The fraction of sp³-hybridized carbons (Fsp3) is 0. The number of hydrogen-bond donors (Lipinski definition) is 4. The summed E-state index contributed by atoms with van der Waals surface area (Å²) in [5.74, 6) is -1.96. The molecule has 0 bridgehead atoms. The van der Waals surface area contributed by atoms with Gasteiger partial charge in [-0.2, -0.15) is 0 Å². The molecular weight excluding hydrogens is 268 g/mol. The number of hydrogen-bond acceptors (Lipinski definition) is 5. The number of H-pyrrole nitrogens is 2. The normalized spacial score (nSPS) is 10.0. The van der Waals surface area contributed by atoms with Crippen LogP contribution in [0.1, 0.15) is 20.8 Å². The summed E-state index contributed by atoms with van der Waals surface area (Å²) in [6.45, 7) is 0. The maximum atomic E-state index is 11.8. The van der Waals surface area contributed by atoms with Crippen LogP contribution in [0.4, 0.5) is 5.69 Å². The van der Waals surface area contributed by atoms with Gasteiger partial charge in [0.15, 0.2) is 0 Å². The van der Waals surface area contributed by atoms with Gasteiger partial charge in [-0.15, -0.1) is 0 Å². The lowest BCUT2D eigenvalue weighted by molar-refractivity contribution is 0.0696. The molecule has 0 aliphatic carbocycles. The average Bonchev–Trinajstić information content (AvgIpc) is 2.37. The van der Waals surface area contributed by atoms with Crippen molar-refractivity contribution in [3.8, 4) is 0 Å². The highest BCUT2D eigenvalue weighted by atomic mass is 16.4. The maximum Gasteiger partial charge on any atom is 0.337 e. The summed E-state index contributed by atoms with van der Waals surface area (Å²) >= 11 is 0. The van der Waals surface area contributed by atoms with Gasteiger partial charge in [-0.25, -0.2) is 9.59 Å². The number of carbonyl (C=O) groups excluding carboxylic acids is 1. The Kier molecular flexibility index (Phi) is 3.42. The number of carboxylic acid groups (broad SMARTS) is 1. The van der Waals surface area contributed by atoms with Crippen molar-refractivity contribution in [3.05, 3.63) is 56.6 Å². The largest absolute Gasteiger partial charge is 0.478 e. The number of amides is 1. The van der Waals surface area contributed by atoms with Gasteiger partial charge >= 0.3 is 11.7 Å². The van der Waals surface area contributed by atoms with Gasteiger partial charge in [0, 0.05) is 12.3 Å². The summed E-state index contributed by atoms with van der Waals surface area (Å²) in [6, 6.07) is 2.10. The van der Waals surface area contributed by atoms with Crippen molar-refractivity contribution < 1.29 is 14.7 Å². The van der Waals surface area contributed by atoms with Gasteiger partial charge in [-0.05, 0) is 6.07 Å². The van der Waals surface area contributed by atoms with Crippen molar-refractivity contribution in [2.24, 2.45) is 0 Å². The number of carboxylic acids is 1. The fourth-order valence-corrected chi connectivity index (χ4v) is 1.41. The van der Waals surface area contributed by atoms with Gasteiger partial charge in [-0.3, -0.25) is 19.6 Å². The van der Waals surface area contributed by atoms with Crippen LogP contribution in [0.15, 0.2) is 34.1 Å². The van der Waals surface area contributed by atoms with Crippen molar-refractivity contribution in [2.45, 2.75) is 0 Å². The minimum Gasteiger partial charge on any atom is -0.478 e. The minimum atomic E-state index is -1.20. The molecule has 2 rings (SSSR count). The van der Waals surface area contributed by atoms with E-state index in [2.05, 4.69) is 15.3 Å². The molecule has 0 fully saturated rings. The second-order valence-electron chi connectivity index (χ2n) is 3.72. The van der Waals surface area contributed by atoms with E-state index in [1.165, 1.54) is 12.3 Å². The van der Waals surface area contributed by atoms with E-state index in [0.717, 1.165) is 12.3 Å². The van der Waals surface area contributed by atoms with E-state index in [-0.39, 0.29) is 16.9 Å². The number of nitrogens with one attached hydrogen (secondary N) is 3. The molecule has 20 heavy (non-hydrogen) atoms. The molecule has 0 saturated carbocycles. The Morgan fingerprint density at radius 2 is 1.90 bits per heavy atom. The highest BCUT2D eigenvalue weighted by Gasteiger charge is 2.10. The van der Waals surface area contributed by atoms with E-state index >= 15 is 0 Å². The molecule has 0 atom stereocenters. The SMILES string of the molecule is O=C(O)c1cncc(NC(=O)c2cc(=O)[nH]c(=O)[nH]2)c1. The Balaban J connectivity index is 2.27. The molecule has 0 unspecified atom stereocenters. The lowest BCUT2D eigenvalue weighted by atomic mass is 10.2. The van der Waals surface area contributed by atoms with Gasteiger partial charge in [0.2, 0.25) is 0 Å². The number of aromatic amines is 2. The van der Waals surface area contributed by atoms with Crippen LogP contribution in [0.2, 0.25) is 0 Å². The molecule has 1 amide bonds. The molecular formula is C11H8N4O5. The van der Waals surface area contributed by atoms with Crippen LogP contribution >= 0.6 is 0 Å². The van der Waals surface area contributed by atoms with Crippen LogP contribution in [0.3, 0.4) is 0 Å². The van der Waals surface area contributed by atoms with Crippen LogP contribution in [-0.4, -0.2) is 31.9 Å². The van der Waals surface area contributed by atoms with Gasteiger partial charge in [0.25, 0.3) is 11.5 Å². The fourth-order valence-electron chi connectivity index (χ4n) is 1.41. The zero-order chi connectivity index (χ0) is 14.7. The van der Waals surface area contributed by atoms with Gasteiger partial charge in [0.05, 0.1) is 17.4 Å². The molecule has 2 aromatic heterocycles. The van der Waals surface area contributed by atoms with Crippen molar-refractivity contribution in [3.63, 3.8) is 0 Å². The lowest BCUT2D eigenvalue weighted by Crippen LogP contribution is -2.27. The maximum absolute atomic E-state index is 11.8. The number of pyridine rings is 1. The Bertz CT molecular complexity index is 763. The number of aromatic nitrogens is 3. The van der Waals surface area contributed by atoms with E-state index < -0.39 is 23.1 Å². The van der Waals surface area contributed by atoms with E-state index in [0.29, 0.717) is 0 Å². The third-order valence-electron chi connectivity index (χ3n) is 2.25. The van der Waals surface area contributed by atoms with Crippen LogP contribution in [-0.2, 0) is 0 Å². The molecule has 9 nitrogen and oxygen atoms in total. The molecule has 0 aliphatic rings. The number of anilines is 1. The molecule has 4 N–H and O–H groups in total. The summed E-state index contributed by atoms with van der Waals surface area (Å²) in [5, 5.41) is 11.1. The first-order valence-electron chi connectivity index (χ1n) is 5.29. The van der Waals surface area contributed by atoms with Gasteiger partial charge in [0.1, 0.15) is 5.69 Å². The first-order chi connectivity index (χ1) is 9.45. The van der Waals surface area contributed by atoms with E-state index in [4.69, 9.17) is 5.11 Å². The van der Waals surface area contributed by atoms with E-state index in [1.807, 2.05) is 4.98 Å². The predicted octanol–water partition coefficient (Wildman–Crippen LogP) is -0.591. The number of aromatic carboxylic acids is 1. The Morgan fingerprint density at radius 1 is 1.15 bits per heavy atom. The smallest absolute Gasteiger partial charge is 0.337 e. The standard InChI is InChI=1S/C11H8N4O5/c16-8-2-7(14-11(20)15-8)9(17)13-6-1-5(10(18)19)3-12-4-6/h1-4H,(H,13,17)(H,18,19)(H2,14,15,16,20). The minimum absolute atomic E-state index is 0.109. The van der Waals surface area contributed by atoms with Crippen LogP contribution in [0.25, 0.3) is 0 Å². The Morgan fingerprint density at radius 3 is 2.55 bits per heavy atom. The van der Waals surface area contributed by atoms with Gasteiger partial charge < -0.3 is 15.4 Å². The number of nitrogens with zero attached hydrogens (tertiary/aromatic N) is 1. The second-order valence-corrected chi connectivity index (χ2v) is 3.72. The van der Waals surface area contributed by atoms with Crippen LogP contribution in [0.5, 0.6) is 0 Å².